The van der Waals surface area contributed by atoms with Crippen LogP contribution < -0.4 is 0 Å². The summed E-state index contributed by atoms with van der Waals surface area (Å²) in [6.45, 7) is 1.89. The fraction of sp³-hybridized carbons (Fsp3) is 0.375. The summed E-state index contributed by atoms with van der Waals surface area (Å²) >= 11 is 6.02. The maximum Gasteiger partial charge on any atom is 0.216 e. The van der Waals surface area contributed by atoms with Crippen LogP contribution in [0.4, 0.5) is 0 Å². The molecule has 1 aliphatic heterocycles. The molecular formula is C16H16ClN5O2. The molecule has 1 aromatic carbocycles. The average Bonchev–Trinajstić information content (AvgIpc) is 3.26. The third-order valence-corrected chi connectivity index (χ3v) is 4.33. The van der Waals surface area contributed by atoms with E-state index in [1.54, 1.807) is 10.9 Å². The summed E-state index contributed by atoms with van der Waals surface area (Å²) in [5, 5.41) is 12.7. The van der Waals surface area contributed by atoms with Gasteiger partial charge in [-0.1, -0.05) is 23.7 Å². The summed E-state index contributed by atoms with van der Waals surface area (Å²) in [5.74, 6) is 2.41. The molecule has 1 aliphatic rings. The highest BCUT2D eigenvalue weighted by Gasteiger charge is 2.23. The minimum absolute atomic E-state index is 0.316. The van der Waals surface area contributed by atoms with Crippen molar-refractivity contribution in [3.63, 3.8) is 0 Å². The zero-order valence-corrected chi connectivity index (χ0v) is 13.7. The molecule has 0 spiro atoms. The zero-order chi connectivity index (χ0) is 16.4. The van der Waals surface area contributed by atoms with Gasteiger partial charge in [-0.25, -0.2) is 9.67 Å². The fourth-order valence-electron chi connectivity index (χ4n) is 2.86. The number of tetrazole rings is 1. The highest BCUT2D eigenvalue weighted by atomic mass is 35.5. The lowest BCUT2D eigenvalue weighted by Gasteiger charge is -2.20. The van der Waals surface area contributed by atoms with Gasteiger partial charge in [0.2, 0.25) is 5.89 Å². The molecule has 1 saturated heterocycles. The minimum atomic E-state index is 0.316. The van der Waals surface area contributed by atoms with E-state index in [0.29, 0.717) is 29.1 Å². The van der Waals surface area contributed by atoms with Gasteiger partial charge >= 0.3 is 0 Å². The Morgan fingerprint density at radius 3 is 2.96 bits per heavy atom. The quantitative estimate of drug-likeness (QED) is 0.723. The zero-order valence-electron chi connectivity index (χ0n) is 12.9. The van der Waals surface area contributed by atoms with Gasteiger partial charge in [-0.05, 0) is 35.4 Å². The maximum atomic E-state index is 6.02. The molecule has 7 nitrogen and oxygen atoms in total. The molecule has 8 heteroatoms. The van der Waals surface area contributed by atoms with Crippen LogP contribution in [0.5, 0.6) is 0 Å². The summed E-state index contributed by atoms with van der Waals surface area (Å²) in [6, 6.07) is 7.48. The predicted molar refractivity (Wildman–Crippen MR) is 86.7 cm³/mol. The monoisotopic (exact) mass is 345 g/mol. The predicted octanol–water partition coefficient (Wildman–Crippen LogP) is 2.92. The van der Waals surface area contributed by atoms with Crippen LogP contribution in [0.1, 0.15) is 30.5 Å². The molecule has 0 atom stereocenters. The molecule has 3 heterocycles. The second kappa shape index (κ2) is 6.70. The number of benzene rings is 1. The lowest BCUT2D eigenvalue weighted by molar-refractivity contribution is 0.0826. The molecular weight excluding hydrogens is 330 g/mol. The molecule has 0 bridgehead atoms. The van der Waals surface area contributed by atoms with Gasteiger partial charge in [0.15, 0.2) is 11.6 Å². The Kier molecular flexibility index (Phi) is 4.27. The van der Waals surface area contributed by atoms with Crippen LogP contribution in [0.2, 0.25) is 5.02 Å². The van der Waals surface area contributed by atoms with Crippen LogP contribution in [0.15, 0.2) is 34.9 Å². The standard InChI is InChI=1S/C16H16ClN5O2/c17-13-3-1-2-12(8-13)14-9-18-15(24-14)10-22-16(19-20-21-22)11-4-6-23-7-5-11/h1-3,8-9,11H,4-7,10H2. The normalized spacial score (nSPS) is 15.7. The Morgan fingerprint density at radius 1 is 1.25 bits per heavy atom. The van der Waals surface area contributed by atoms with Crippen molar-refractivity contribution in [3.8, 4) is 11.3 Å². The minimum Gasteiger partial charge on any atom is -0.439 e. The van der Waals surface area contributed by atoms with Gasteiger partial charge < -0.3 is 9.15 Å². The first-order chi connectivity index (χ1) is 11.8. The number of halogens is 1. The van der Waals surface area contributed by atoms with E-state index in [1.165, 1.54) is 0 Å². The molecule has 3 aromatic rings. The Hall–Kier alpha value is -2.25. The SMILES string of the molecule is Clc1cccc(-c2cnc(Cn3nnnc3C3CCOCC3)o2)c1. The molecule has 0 aliphatic carbocycles. The molecule has 0 saturated carbocycles. The van der Waals surface area contributed by atoms with Crippen LogP contribution in [-0.2, 0) is 11.3 Å². The molecule has 0 N–H and O–H groups in total. The van der Waals surface area contributed by atoms with Gasteiger partial charge in [0.05, 0.1) is 6.20 Å². The van der Waals surface area contributed by atoms with E-state index in [2.05, 4.69) is 20.5 Å². The molecule has 24 heavy (non-hydrogen) atoms. The van der Waals surface area contributed by atoms with Crippen molar-refractivity contribution in [1.82, 2.24) is 25.2 Å². The number of ether oxygens (including phenoxy) is 1. The highest BCUT2D eigenvalue weighted by Crippen LogP contribution is 2.26. The largest absolute Gasteiger partial charge is 0.439 e. The van der Waals surface area contributed by atoms with Crippen molar-refractivity contribution in [1.29, 1.82) is 0 Å². The Morgan fingerprint density at radius 2 is 2.12 bits per heavy atom. The van der Waals surface area contributed by atoms with Gasteiger partial charge in [0.25, 0.3) is 0 Å². The van der Waals surface area contributed by atoms with Crippen LogP contribution in [-0.4, -0.2) is 38.4 Å². The second-order valence-corrected chi connectivity index (χ2v) is 6.15. The van der Waals surface area contributed by atoms with E-state index in [4.69, 9.17) is 20.8 Å². The first-order valence-electron chi connectivity index (χ1n) is 7.84. The first kappa shape index (κ1) is 15.3. The third-order valence-electron chi connectivity index (χ3n) is 4.09. The Labute approximate surface area is 143 Å². The molecule has 124 valence electrons. The van der Waals surface area contributed by atoms with Crippen molar-refractivity contribution < 1.29 is 9.15 Å². The molecule has 4 rings (SSSR count). The van der Waals surface area contributed by atoms with E-state index < -0.39 is 0 Å². The van der Waals surface area contributed by atoms with Crippen molar-refractivity contribution >= 4 is 11.6 Å². The van der Waals surface area contributed by atoms with Crippen LogP contribution in [0, 0.1) is 0 Å². The van der Waals surface area contributed by atoms with Crippen LogP contribution in [0.3, 0.4) is 0 Å². The van der Waals surface area contributed by atoms with Gasteiger partial charge in [-0.2, -0.15) is 0 Å². The summed E-state index contributed by atoms with van der Waals surface area (Å²) in [5.41, 5.74) is 0.891. The molecule has 0 radical (unpaired) electrons. The van der Waals surface area contributed by atoms with E-state index >= 15 is 0 Å². The highest BCUT2D eigenvalue weighted by molar-refractivity contribution is 6.30. The van der Waals surface area contributed by atoms with Gasteiger partial charge in [-0.15, -0.1) is 5.10 Å². The molecule has 1 fully saturated rings. The van der Waals surface area contributed by atoms with E-state index in [1.807, 2.05) is 24.3 Å². The number of rotatable bonds is 4. The lowest BCUT2D eigenvalue weighted by atomic mass is 10.00. The smallest absolute Gasteiger partial charge is 0.216 e. The first-order valence-corrected chi connectivity index (χ1v) is 8.22. The Bertz CT molecular complexity index is 825. The van der Waals surface area contributed by atoms with Gasteiger partial charge in [0, 0.05) is 29.7 Å². The lowest BCUT2D eigenvalue weighted by Crippen LogP contribution is -2.19. The summed E-state index contributed by atoms with van der Waals surface area (Å²) in [6.07, 6.45) is 3.55. The molecule has 2 aromatic heterocycles. The van der Waals surface area contributed by atoms with E-state index in [9.17, 15) is 0 Å². The van der Waals surface area contributed by atoms with Crippen molar-refractivity contribution in [2.24, 2.45) is 0 Å². The summed E-state index contributed by atoms with van der Waals surface area (Å²) in [7, 11) is 0. The number of oxazole rings is 1. The van der Waals surface area contributed by atoms with Crippen molar-refractivity contribution in [3.05, 3.63) is 47.2 Å². The van der Waals surface area contributed by atoms with Crippen LogP contribution in [0.25, 0.3) is 11.3 Å². The van der Waals surface area contributed by atoms with Gasteiger partial charge in [-0.3, -0.25) is 0 Å². The summed E-state index contributed by atoms with van der Waals surface area (Å²) < 4.78 is 13.0. The van der Waals surface area contributed by atoms with Gasteiger partial charge in [0.1, 0.15) is 6.54 Å². The topological polar surface area (TPSA) is 78.9 Å². The van der Waals surface area contributed by atoms with E-state index in [-0.39, 0.29) is 0 Å². The molecule has 0 unspecified atom stereocenters. The second-order valence-electron chi connectivity index (χ2n) is 5.71. The fourth-order valence-corrected chi connectivity index (χ4v) is 3.05. The number of hydrogen-bond acceptors (Lipinski definition) is 6. The number of aromatic nitrogens is 5. The summed E-state index contributed by atoms with van der Waals surface area (Å²) in [4.78, 5) is 4.33. The molecule has 0 amide bonds. The van der Waals surface area contributed by atoms with E-state index in [0.717, 1.165) is 37.4 Å². The van der Waals surface area contributed by atoms with Crippen LogP contribution >= 0.6 is 11.6 Å². The van der Waals surface area contributed by atoms with Crippen molar-refractivity contribution in [2.75, 3.05) is 13.2 Å². The maximum absolute atomic E-state index is 6.02. The average molecular weight is 346 g/mol. The number of nitrogens with zero attached hydrogens (tertiary/aromatic N) is 5. The number of hydrogen-bond donors (Lipinski definition) is 0. The van der Waals surface area contributed by atoms with Crippen molar-refractivity contribution in [2.45, 2.75) is 25.3 Å². The Balaban J connectivity index is 1.53. The third kappa shape index (κ3) is 3.18.